The zero-order valence-corrected chi connectivity index (χ0v) is 15.5. The van der Waals surface area contributed by atoms with Gasteiger partial charge in [0.15, 0.2) is 0 Å². The summed E-state index contributed by atoms with van der Waals surface area (Å²) in [5.74, 6) is -1.65. The summed E-state index contributed by atoms with van der Waals surface area (Å²) >= 11 is 6.83. The number of carbonyl (C=O) groups excluding carboxylic acids is 2. The van der Waals surface area contributed by atoms with Gasteiger partial charge in [-0.3, -0.25) is 9.59 Å². The number of rotatable bonds is 3. The van der Waals surface area contributed by atoms with Crippen LogP contribution in [0.3, 0.4) is 0 Å². The topological polar surface area (TPSA) is 58.2 Å². The predicted octanol–water partition coefficient (Wildman–Crippen LogP) is 5.05. The fourth-order valence-corrected chi connectivity index (χ4v) is 4.00. The summed E-state index contributed by atoms with van der Waals surface area (Å²) in [6.45, 7) is 1.56. The van der Waals surface area contributed by atoms with Crippen molar-refractivity contribution < 1.29 is 22.8 Å². The Hall–Kier alpha value is -2.19. The Balaban J connectivity index is 1.76. The lowest BCUT2D eigenvalue weighted by molar-refractivity contribution is -0.137. The summed E-state index contributed by atoms with van der Waals surface area (Å²) in [5.41, 5.74) is -0.401. The summed E-state index contributed by atoms with van der Waals surface area (Å²) in [5, 5.41) is 4.02. The minimum Gasteiger partial charge on any atom is -0.326 e. The van der Waals surface area contributed by atoms with Crippen LogP contribution in [-0.2, 0) is 15.8 Å². The van der Waals surface area contributed by atoms with Crippen LogP contribution in [0.5, 0.6) is 0 Å². The zero-order valence-electron chi connectivity index (χ0n) is 13.9. The first kappa shape index (κ1) is 19.6. The van der Waals surface area contributed by atoms with Gasteiger partial charge in [0.25, 0.3) is 0 Å². The molecule has 1 aliphatic heterocycles. The molecule has 0 radical (unpaired) electrons. The average Bonchev–Trinajstić information content (AvgIpc) is 2.61. The number of hydrogen-bond acceptors (Lipinski definition) is 3. The molecule has 2 aromatic carbocycles. The normalized spacial score (nSPS) is 17.7. The highest BCUT2D eigenvalue weighted by Crippen LogP contribution is 2.39. The summed E-state index contributed by atoms with van der Waals surface area (Å²) < 4.78 is 38.9. The number of alkyl halides is 3. The van der Waals surface area contributed by atoms with Crippen LogP contribution >= 0.6 is 23.4 Å². The van der Waals surface area contributed by atoms with Gasteiger partial charge in [-0.05, 0) is 30.3 Å². The number of thioether (sulfide) groups is 1. The van der Waals surface area contributed by atoms with Crippen LogP contribution in [-0.4, -0.2) is 17.1 Å². The molecule has 2 atom stereocenters. The monoisotopic (exact) mass is 414 g/mol. The maximum Gasteiger partial charge on any atom is 0.417 e. The Kier molecular flexibility index (Phi) is 5.39. The Morgan fingerprint density at radius 3 is 2.67 bits per heavy atom. The predicted molar refractivity (Wildman–Crippen MR) is 99.0 cm³/mol. The lowest BCUT2D eigenvalue weighted by atomic mass is 10.0. The number of nitrogens with one attached hydrogen (secondary N) is 2. The van der Waals surface area contributed by atoms with Crippen LogP contribution in [0.1, 0.15) is 12.5 Å². The molecular formula is C18H14ClF3N2O2S. The van der Waals surface area contributed by atoms with Crippen LogP contribution < -0.4 is 10.6 Å². The molecule has 0 spiro atoms. The Labute approximate surface area is 162 Å². The van der Waals surface area contributed by atoms with Gasteiger partial charge >= 0.3 is 6.18 Å². The van der Waals surface area contributed by atoms with E-state index in [1.54, 1.807) is 19.1 Å². The van der Waals surface area contributed by atoms with Gasteiger partial charge in [0, 0.05) is 10.6 Å². The molecule has 0 bridgehead atoms. The summed E-state index contributed by atoms with van der Waals surface area (Å²) in [6, 6.07) is 10.3. The van der Waals surface area contributed by atoms with E-state index in [4.69, 9.17) is 11.6 Å². The quantitative estimate of drug-likeness (QED) is 0.739. The minimum atomic E-state index is -4.63. The maximum atomic E-state index is 13.0. The number of carbonyl (C=O) groups is 2. The van der Waals surface area contributed by atoms with E-state index in [9.17, 15) is 22.8 Å². The molecule has 0 saturated heterocycles. The fraction of sp³-hybridized carbons (Fsp3) is 0.222. The van der Waals surface area contributed by atoms with Gasteiger partial charge in [-0.15, -0.1) is 11.8 Å². The number of amides is 2. The molecule has 2 unspecified atom stereocenters. The minimum absolute atomic E-state index is 0.0369. The lowest BCUT2D eigenvalue weighted by Gasteiger charge is -2.27. The molecular weight excluding hydrogens is 401 g/mol. The van der Waals surface area contributed by atoms with Crippen LogP contribution in [0.15, 0.2) is 47.4 Å². The number of halogens is 4. The fourth-order valence-electron chi connectivity index (χ4n) is 2.61. The van der Waals surface area contributed by atoms with Gasteiger partial charge in [-0.25, -0.2) is 0 Å². The van der Waals surface area contributed by atoms with Gasteiger partial charge in [0.05, 0.1) is 27.4 Å². The van der Waals surface area contributed by atoms with Gasteiger partial charge in [-0.1, -0.05) is 30.7 Å². The van der Waals surface area contributed by atoms with E-state index in [0.717, 1.165) is 17.0 Å². The molecule has 0 fully saturated rings. The molecule has 0 aliphatic carbocycles. The van der Waals surface area contributed by atoms with E-state index in [0.29, 0.717) is 5.69 Å². The molecule has 2 N–H and O–H groups in total. The summed E-state index contributed by atoms with van der Waals surface area (Å²) in [7, 11) is 0. The zero-order chi connectivity index (χ0) is 19.8. The van der Waals surface area contributed by atoms with Crippen LogP contribution in [0.25, 0.3) is 0 Å². The van der Waals surface area contributed by atoms with Crippen molar-refractivity contribution in [3.8, 4) is 0 Å². The first-order valence-corrected chi connectivity index (χ1v) is 9.17. The highest BCUT2D eigenvalue weighted by atomic mass is 35.5. The molecule has 1 heterocycles. The van der Waals surface area contributed by atoms with Crippen molar-refractivity contribution >= 4 is 46.6 Å². The number of fused-ring (bicyclic) bond motifs is 1. The highest BCUT2D eigenvalue weighted by molar-refractivity contribution is 8.01. The van der Waals surface area contributed by atoms with Gasteiger partial charge in [-0.2, -0.15) is 13.2 Å². The first-order valence-electron chi connectivity index (χ1n) is 7.91. The molecule has 3 rings (SSSR count). The van der Waals surface area contributed by atoms with Crippen molar-refractivity contribution in [2.24, 2.45) is 5.92 Å². The molecule has 0 aromatic heterocycles. The molecule has 2 aromatic rings. The van der Waals surface area contributed by atoms with Crippen molar-refractivity contribution in [1.29, 1.82) is 0 Å². The smallest absolute Gasteiger partial charge is 0.326 e. The Morgan fingerprint density at radius 2 is 1.96 bits per heavy atom. The number of para-hydroxylation sites is 1. The summed E-state index contributed by atoms with van der Waals surface area (Å²) in [6.07, 6.45) is -4.63. The second-order valence-electron chi connectivity index (χ2n) is 5.99. The molecule has 0 saturated carbocycles. The van der Waals surface area contributed by atoms with Crippen molar-refractivity contribution in [3.63, 3.8) is 0 Å². The molecule has 9 heteroatoms. The standard InChI is InChI=1S/C18H14ClF3N2O2S/c1-9(15-17(26)24-13-4-2-3-5-14(13)27-15)16(25)23-10-6-7-12(19)11(8-10)18(20,21)22/h2-9,15H,1H3,(H,23,25)(H,24,26). The number of hydrogen-bond donors (Lipinski definition) is 2. The third-order valence-corrected chi connectivity index (χ3v) is 5.88. The van der Waals surface area contributed by atoms with E-state index >= 15 is 0 Å². The number of benzene rings is 2. The molecule has 142 valence electrons. The molecule has 27 heavy (non-hydrogen) atoms. The van der Waals surface area contributed by atoms with Gasteiger partial charge in [0.1, 0.15) is 0 Å². The van der Waals surface area contributed by atoms with Crippen molar-refractivity contribution in [3.05, 3.63) is 53.1 Å². The Morgan fingerprint density at radius 1 is 1.26 bits per heavy atom. The van der Waals surface area contributed by atoms with Crippen LogP contribution in [0.2, 0.25) is 5.02 Å². The van der Waals surface area contributed by atoms with E-state index in [2.05, 4.69) is 10.6 Å². The lowest BCUT2D eigenvalue weighted by Crippen LogP contribution is -2.39. The van der Waals surface area contributed by atoms with E-state index < -0.39 is 33.8 Å². The van der Waals surface area contributed by atoms with Crippen LogP contribution in [0, 0.1) is 5.92 Å². The van der Waals surface area contributed by atoms with Crippen LogP contribution in [0.4, 0.5) is 24.5 Å². The van der Waals surface area contributed by atoms with Crippen molar-refractivity contribution in [1.82, 2.24) is 0 Å². The third kappa shape index (κ3) is 4.22. The van der Waals surface area contributed by atoms with E-state index in [1.807, 2.05) is 12.1 Å². The third-order valence-electron chi connectivity index (χ3n) is 4.06. The largest absolute Gasteiger partial charge is 0.417 e. The number of anilines is 2. The SMILES string of the molecule is CC(C(=O)Nc1ccc(Cl)c(C(F)(F)F)c1)C1Sc2ccccc2NC1=O. The maximum absolute atomic E-state index is 13.0. The molecule has 2 amide bonds. The van der Waals surface area contributed by atoms with E-state index in [1.165, 1.54) is 17.8 Å². The average molecular weight is 415 g/mol. The van der Waals surface area contributed by atoms with E-state index in [-0.39, 0.29) is 11.6 Å². The Bertz CT molecular complexity index is 904. The highest BCUT2D eigenvalue weighted by Gasteiger charge is 2.36. The molecule has 4 nitrogen and oxygen atoms in total. The summed E-state index contributed by atoms with van der Waals surface area (Å²) in [4.78, 5) is 25.6. The second kappa shape index (κ2) is 7.44. The van der Waals surface area contributed by atoms with Gasteiger partial charge in [0.2, 0.25) is 11.8 Å². The molecule has 1 aliphatic rings. The first-order chi connectivity index (χ1) is 12.7. The second-order valence-corrected chi connectivity index (χ2v) is 7.58. The van der Waals surface area contributed by atoms with Crippen molar-refractivity contribution in [2.45, 2.75) is 23.2 Å². The van der Waals surface area contributed by atoms with Crippen molar-refractivity contribution in [2.75, 3.05) is 10.6 Å². The van der Waals surface area contributed by atoms with Gasteiger partial charge < -0.3 is 10.6 Å².